The van der Waals surface area contributed by atoms with E-state index in [0.29, 0.717) is 16.9 Å². The molecule has 0 radical (unpaired) electrons. The van der Waals surface area contributed by atoms with Crippen molar-refractivity contribution in [3.8, 4) is 22.6 Å². The highest BCUT2D eigenvalue weighted by molar-refractivity contribution is 5.76. The number of esters is 1. The highest BCUT2D eigenvalue weighted by Crippen LogP contribution is 2.41. The second-order valence-electron chi connectivity index (χ2n) is 9.70. The molecule has 0 unspecified atom stereocenters. The molecular formula is C29H26F9NO3. The first kappa shape index (κ1) is 32.8. The van der Waals surface area contributed by atoms with Gasteiger partial charge < -0.3 is 14.8 Å². The average molecular weight is 608 g/mol. The number of methoxy groups -OCH3 is 1. The zero-order valence-electron chi connectivity index (χ0n) is 22.7. The average Bonchev–Trinajstić information content (AvgIpc) is 2.87. The van der Waals surface area contributed by atoms with Gasteiger partial charge in [0.1, 0.15) is 11.5 Å². The van der Waals surface area contributed by atoms with Crippen molar-refractivity contribution in [1.82, 2.24) is 5.32 Å². The van der Waals surface area contributed by atoms with E-state index in [9.17, 15) is 44.3 Å². The number of rotatable bonds is 8. The molecule has 0 aliphatic carbocycles. The molecule has 3 aromatic carbocycles. The molecule has 0 aliphatic rings. The van der Waals surface area contributed by atoms with Gasteiger partial charge in [0.15, 0.2) is 0 Å². The fraction of sp³-hybridized carbons (Fsp3) is 0.345. The molecule has 4 nitrogen and oxygen atoms in total. The number of alkyl halides is 9. The largest absolute Gasteiger partial charge is 0.496 e. The third-order valence-corrected chi connectivity index (χ3v) is 6.41. The van der Waals surface area contributed by atoms with Gasteiger partial charge in [0, 0.05) is 17.7 Å². The van der Waals surface area contributed by atoms with Crippen LogP contribution in [0.25, 0.3) is 11.1 Å². The Kier molecular flexibility index (Phi) is 9.55. The van der Waals surface area contributed by atoms with E-state index in [1.807, 2.05) is 19.9 Å². The van der Waals surface area contributed by atoms with Crippen molar-refractivity contribution in [2.75, 3.05) is 13.7 Å². The minimum atomic E-state index is -5.15. The molecule has 13 heteroatoms. The van der Waals surface area contributed by atoms with Crippen LogP contribution in [0.2, 0.25) is 0 Å². The number of ether oxygens (including phenoxy) is 2. The van der Waals surface area contributed by atoms with Crippen LogP contribution in [0, 0.1) is 6.92 Å². The second-order valence-corrected chi connectivity index (χ2v) is 9.70. The smallest absolute Gasteiger partial charge is 0.416 e. The summed E-state index contributed by atoms with van der Waals surface area (Å²) in [4.78, 5) is 12.4. The second kappa shape index (κ2) is 12.2. The summed E-state index contributed by atoms with van der Waals surface area (Å²) >= 11 is 0. The zero-order chi connectivity index (χ0) is 31.6. The number of nitrogens with one attached hydrogen (secondary N) is 1. The lowest BCUT2D eigenvalue weighted by Crippen LogP contribution is -2.27. The van der Waals surface area contributed by atoms with Gasteiger partial charge in [-0.3, -0.25) is 4.79 Å². The predicted molar refractivity (Wildman–Crippen MR) is 136 cm³/mol. The van der Waals surface area contributed by atoms with Crippen molar-refractivity contribution in [3.05, 3.63) is 81.9 Å². The van der Waals surface area contributed by atoms with E-state index >= 15 is 0 Å². The fourth-order valence-corrected chi connectivity index (χ4v) is 4.18. The number of benzene rings is 3. The van der Waals surface area contributed by atoms with Crippen LogP contribution in [0.15, 0.2) is 48.5 Å². The fourth-order valence-electron chi connectivity index (χ4n) is 4.18. The molecule has 0 amide bonds. The summed E-state index contributed by atoms with van der Waals surface area (Å²) in [5, 5.41) is 2.57. The van der Waals surface area contributed by atoms with Crippen molar-refractivity contribution in [2.45, 2.75) is 51.8 Å². The van der Waals surface area contributed by atoms with Gasteiger partial charge in [-0.2, -0.15) is 39.5 Å². The van der Waals surface area contributed by atoms with Crippen LogP contribution in [0.4, 0.5) is 39.5 Å². The van der Waals surface area contributed by atoms with Crippen molar-refractivity contribution in [3.63, 3.8) is 0 Å². The molecule has 3 aromatic rings. The Morgan fingerprint density at radius 1 is 0.786 bits per heavy atom. The van der Waals surface area contributed by atoms with E-state index in [1.165, 1.54) is 13.2 Å². The van der Waals surface area contributed by atoms with E-state index < -0.39 is 59.0 Å². The third kappa shape index (κ3) is 7.75. The van der Waals surface area contributed by atoms with Gasteiger partial charge in [-0.25, -0.2) is 0 Å². The summed E-state index contributed by atoms with van der Waals surface area (Å²) in [6.07, 6.45) is -15.0. The first-order chi connectivity index (χ1) is 19.3. The summed E-state index contributed by atoms with van der Waals surface area (Å²) < 4.78 is 130. The maximum absolute atomic E-state index is 13.5. The number of carbonyl (C=O) groups is 1. The molecule has 0 saturated heterocycles. The van der Waals surface area contributed by atoms with Gasteiger partial charge in [0.25, 0.3) is 0 Å². The monoisotopic (exact) mass is 607 g/mol. The van der Waals surface area contributed by atoms with Crippen LogP contribution in [0.1, 0.15) is 53.1 Å². The summed E-state index contributed by atoms with van der Waals surface area (Å²) in [7, 11) is 1.39. The lowest BCUT2D eigenvalue weighted by atomic mass is 9.92. The highest BCUT2D eigenvalue weighted by Gasteiger charge is 2.39. The van der Waals surface area contributed by atoms with Gasteiger partial charge in [-0.05, 0) is 65.9 Å². The maximum atomic E-state index is 13.5. The van der Waals surface area contributed by atoms with Crippen LogP contribution in [0.5, 0.6) is 11.5 Å². The lowest BCUT2D eigenvalue weighted by Gasteiger charge is -2.19. The van der Waals surface area contributed by atoms with Crippen LogP contribution in [0.3, 0.4) is 0 Å². The molecule has 228 valence electrons. The van der Waals surface area contributed by atoms with E-state index in [1.54, 1.807) is 12.1 Å². The lowest BCUT2D eigenvalue weighted by molar-refractivity contribution is -0.144. The molecule has 0 atom stereocenters. The number of carbonyl (C=O) groups excluding carboxylic acids is 1. The molecule has 0 bridgehead atoms. The summed E-state index contributed by atoms with van der Waals surface area (Å²) in [6.45, 7) is 3.63. The van der Waals surface area contributed by atoms with E-state index in [4.69, 9.17) is 9.47 Å². The van der Waals surface area contributed by atoms with Crippen LogP contribution < -0.4 is 14.8 Å². The Balaban J connectivity index is 1.90. The summed E-state index contributed by atoms with van der Waals surface area (Å²) in [5.41, 5.74) is -3.18. The molecule has 42 heavy (non-hydrogen) atoms. The van der Waals surface area contributed by atoms with Gasteiger partial charge in [0.2, 0.25) is 0 Å². The maximum Gasteiger partial charge on any atom is 0.416 e. The Morgan fingerprint density at radius 2 is 1.43 bits per heavy atom. The molecule has 0 aliphatic heterocycles. The minimum absolute atomic E-state index is 0.0807. The van der Waals surface area contributed by atoms with Crippen LogP contribution >= 0.6 is 0 Å². The van der Waals surface area contributed by atoms with Crippen molar-refractivity contribution in [2.24, 2.45) is 0 Å². The van der Waals surface area contributed by atoms with Crippen molar-refractivity contribution in [1.29, 1.82) is 0 Å². The Hall–Kier alpha value is -3.74. The third-order valence-electron chi connectivity index (χ3n) is 6.41. The van der Waals surface area contributed by atoms with Crippen LogP contribution in [-0.2, 0) is 29.9 Å². The zero-order valence-corrected chi connectivity index (χ0v) is 22.7. The van der Waals surface area contributed by atoms with E-state index in [2.05, 4.69) is 5.32 Å². The van der Waals surface area contributed by atoms with Gasteiger partial charge in [-0.1, -0.05) is 26.0 Å². The van der Waals surface area contributed by atoms with Gasteiger partial charge >= 0.3 is 24.5 Å². The molecule has 3 rings (SSSR count). The predicted octanol–water partition coefficient (Wildman–Crippen LogP) is 8.55. The van der Waals surface area contributed by atoms with E-state index in [-0.39, 0.29) is 30.2 Å². The summed E-state index contributed by atoms with van der Waals surface area (Å²) in [5.74, 6) is -1.74. The Morgan fingerprint density at radius 3 is 1.98 bits per heavy atom. The SMILES string of the molecule is COc1ccc(C(C)C)cc1-c1ccc(C(F)(F)F)cc1CNCC(=O)Oc1cc(C(F)(F)F)cc(C(F)(F)F)c1C. The number of hydrogen-bond acceptors (Lipinski definition) is 4. The molecule has 0 spiro atoms. The molecule has 0 heterocycles. The Bertz CT molecular complexity index is 1440. The minimum Gasteiger partial charge on any atom is -0.496 e. The molecule has 0 aromatic heterocycles. The quantitative estimate of drug-likeness (QED) is 0.158. The standard InChI is InChI=1S/C29H26F9NO3/c1-15(2)17-5-8-24(41-4)22(10-17)21-7-6-19(27(30,31)32)9-18(21)13-39-14-26(40)42-25-12-20(28(33,34)35)11-23(16(25)3)29(36,37)38/h5-12,15,39H,13-14H2,1-4H3. The topological polar surface area (TPSA) is 47.6 Å². The number of hydrogen-bond donors (Lipinski definition) is 1. The molecule has 0 fully saturated rings. The van der Waals surface area contributed by atoms with Crippen molar-refractivity contribution < 1.29 is 53.8 Å². The highest BCUT2D eigenvalue weighted by atomic mass is 19.4. The summed E-state index contributed by atoms with van der Waals surface area (Å²) in [6, 6.07) is 8.47. The van der Waals surface area contributed by atoms with Gasteiger partial charge in [0.05, 0.1) is 30.3 Å². The normalized spacial score (nSPS) is 12.5. The number of halogens is 9. The van der Waals surface area contributed by atoms with Crippen molar-refractivity contribution >= 4 is 5.97 Å². The van der Waals surface area contributed by atoms with Gasteiger partial charge in [-0.15, -0.1) is 0 Å². The van der Waals surface area contributed by atoms with Crippen LogP contribution in [-0.4, -0.2) is 19.6 Å². The molecule has 1 N–H and O–H groups in total. The first-order valence-electron chi connectivity index (χ1n) is 12.4. The van der Waals surface area contributed by atoms with E-state index in [0.717, 1.165) is 24.6 Å². The molecular weight excluding hydrogens is 581 g/mol. The molecule has 0 saturated carbocycles. The first-order valence-corrected chi connectivity index (χ1v) is 12.4. The Labute approximate surface area is 235 Å².